The lowest BCUT2D eigenvalue weighted by Crippen LogP contribution is -2.34. The van der Waals surface area contributed by atoms with Gasteiger partial charge in [0.15, 0.2) is 0 Å². The van der Waals surface area contributed by atoms with E-state index in [-0.39, 0.29) is 6.61 Å². The summed E-state index contributed by atoms with van der Waals surface area (Å²) in [4.78, 5) is 7.39. The van der Waals surface area contributed by atoms with Crippen LogP contribution in [0.2, 0.25) is 10.0 Å². The van der Waals surface area contributed by atoms with Gasteiger partial charge in [0.05, 0.1) is 10.7 Å². The van der Waals surface area contributed by atoms with E-state index < -0.39 is 0 Å². The quantitative estimate of drug-likeness (QED) is 0.562. The van der Waals surface area contributed by atoms with Crippen molar-refractivity contribution in [3.05, 3.63) is 51.3 Å². The van der Waals surface area contributed by atoms with Gasteiger partial charge in [0, 0.05) is 47.2 Å². The van der Waals surface area contributed by atoms with Crippen LogP contribution >= 0.6 is 23.2 Å². The van der Waals surface area contributed by atoms with Crippen molar-refractivity contribution in [3.63, 3.8) is 0 Å². The molecule has 0 bridgehead atoms. The number of pyridine rings is 1. The molecule has 1 fully saturated rings. The monoisotopic (exact) mass is 431 g/mol. The fourth-order valence-corrected chi connectivity index (χ4v) is 5.01. The first kappa shape index (κ1) is 20.5. The summed E-state index contributed by atoms with van der Waals surface area (Å²) in [7, 11) is 0. The molecule has 0 amide bonds. The highest BCUT2D eigenvalue weighted by Gasteiger charge is 2.25. The molecule has 1 aliphatic rings. The third kappa shape index (κ3) is 3.74. The number of anilines is 1. The van der Waals surface area contributed by atoms with Crippen molar-refractivity contribution in [2.24, 2.45) is 5.92 Å². The van der Waals surface area contributed by atoms with Crippen molar-refractivity contribution >= 4 is 39.9 Å². The number of rotatable bonds is 4. The van der Waals surface area contributed by atoms with Gasteiger partial charge in [-0.05, 0) is 75.8 Å². The molecule has 0 spiro atoms. The summed E-state index contributed by atoms with van der Waals surface area (Å²) < 4.78 is 2.15. The normalized spacial score (nSPS) is 15.4. The van der Waals surface area contributed by atoms with Gasteiger partial charge in [-0.3, -0.25) is 4.57 Å². The number of benzene rings is 1. The number of piperidine rings is 1. The lowest BCUT2D eigenvalue weighted by atomic mass is 9.93. The Morgan fingerprint density at radius 2 is 1.79 bits per heavy atom. The zero-order valence-electron chi connectivity index (χ0n) is 17.2. The summed E-state index contributed by atoms with van der Waals surface area (Å²) in [6.07, 6.45) is 3.14. The maximum absolute atomic E-state index is 9.25. The van der Waals surface area contributed by atoms with Crippen LogP contribution in [0.1, 0.15) is 36.2 Å². The minimum absolute atomic E-state index is 0.284. The number of aliphatic hydroxyl groups is 1. The van der Waals surface area contributed by atoms with Crippen LogP contribution in [0.4, 0.5) is 5.69 Å². The fourth-order valence-electron chi connectivity index (χ4n) is 4.52. The molecule has 1 saturated heterocycles. The summed E-state index contributed by atoms with van der Waals surface area (Å²) in [5.74, 6) is 0.620. The van der Waals surface area contributed by atoms with Crippen LogP contribution in [0.5, 0.6) is 0 Å². The van der Waals surface area contributed by atoms with Gasteiger partial charge in [-0.2, -0.15) is 0 Å². The second-order valence-electron chi connectivity index (χ2n) is 8.07. The van der Waals surface area contributed by atoms with E-state index in [0.29, 0.717) is 16.0 Å². The SMILES string of the molecule is Cc1cc(N2CCC(CCO)CC2)c2c(C)c(C)n(-c3ccc(Cl)cc3Cl)c2n1. The first-order chi connectivity index (χ1) is 13.9. The van der Waals surface area contributed by atoms with E-state index in [1.54, 1.807) is 6.07 Å². The van der Waals surface area contributed by atoms with E-state index in [1.807, 2.05) is 19.1 Å². The van der Waals surface area contributed by atoms with E-state index in [4.69, 9.17) is 28.2 Å². The number of aromatic nitrogens is 2. The molecule has 4 nitrogen and oxygen atoms in total. The Balaban J connectivity index is 1.84. The van der Waals surface area contributed by atoms with Crippen LogP contribution in [-0.2, 0) is 0 Å². The standard InChI is InChI=1S/C23H27Cl2N3O/c1-14-12-21(27-9-6-17(7-10-27)8-11-29)22-15(2)16(3)28(23(22)26-14)20-5-4-18(24)13-19(20)25/h4-5,12-13,17,29H,6-11H2,1-3H3. The van der Waals surface area contributed by atoms with Gasteiger partial charge in [-0.25, -0.2) is 4.98 Å². The fraction of sp³-hybridized carbons (Fsp3) is 0.435. The summed E-state index contributed by atoms with van der Waals surface area (Å²) in [5, 5.41) is 11.7. The molecule has 6 heteroatoms. The molecule has 29 heavy (non-hydrogen) atoms. The highest BCUT2D eigenvalue weighted by molar-refractivity contribution is 6.35. The van der Waals surface area contributed by atoms with Gasteiger partial charge in [0.2, 0.25) is 0 Å². The first-order valence-electron chi connectivity index (χ1n) is 10.2. The summed E-state index contributed by atoms with van der Waals surface area (Å²) in [6.45, 7) is 8.63. The molecule has 0 unspecified atom stereocenters. The van der Waals surface area contributed by atoms with Gasteiger partial charge in [0.1, 0.15) is 5.65 Å². The Morgan fingerprint density at radius 3 is 2.45 bits per heavy atom. The number of nitrogens with zero attached hydrogens (tertiary/aromatic N) is 3. The molecule has 0 radical (unpaired) electrons. The molecule has 3 heterocycles. The van der Waals surface area contributed by atoms with Crippen molar-refractivity contribution in [1.82, 2.24) is 9.55 Å². The van der Waals surface area contributed by atoms with Gasteiger partial charge in [-0.1, -0.05) is 23.2 Å². The summed E-state index contributed by atoms with van der Waals surface area (Å²) >= 11 is 12.7. The predicted molar refractivity (Wildman–Crippen MR) is 122 cm³/mol. The molecule has 1 aromatic carbocycles. The second-order valence-corrected chi connectivity index (χ2v) is 8.91. The van der Waals surface area contributed by atoms with Crippen molar-refractivity contribution in [2.75, 3.05) is 24.6 Å². The number of hydrogen-bond donors (Lipinski definition) is 1. The summed E-state index contributed by atoms with van der Waals surface area (Å²) in [6, 6.07) is 7.81. The lowest BCUT2D eigenvalue weighted by molar-refractivity contribution is 0.240. The number of hydrogen-bond acceptors (Lipinski definition) is 3. The summed E-state index contributed by atoms with van der Waals surface area (Å²) in [5.41, 5.74) is 6.45. The van der Waals surface area contributed by atoms with E-state index in [0.717, 1.165) is 55.1 Å². The molecular formula is C23H27Cl2N3O. The number of aliphatic hydroxyl groups excluding tert-OH is 1. The highest BCUT2D eigenvalue weighted by atomic mass is 35.5. The van der Waals surface area contributed by atoms with E-state index in [1.165, 1.54) is 16.6 Å². The first-order valence-corrected chi connectivity index (χ1v) is 11.0. The molecule has 4 rings (SSSR count). The third-order valence-electron chi connectivity index (χ3n) is 6.22. The molecule has 1 aliphatic heterocycles. The molecule has 0 aliphatic carbocycles. The third-order valence-corrected chi connectivity index (χ3v) is 6.75. The maximum Gasteiger partial charge on any atom is 0.147 e. The van der Waals surface area contributed by atoms with Crippen molar-refractivity contribution in [1.29, 1.82) is 0 Å². The van der Waals surface area contributed by atoms with E-state index in [2.05, 4.69) is 29.4 Å². The zero-order valence-corrected chi connectivity index (χ0v) is 18.7. The van der Waals surface area contributed by atoms with Crippen molar-refractivity contribution < 1.29 is 5.11 Å². The number of fused-ring (bicyclic) bond motifs is 1. The average molecular weight is 432 g/mol. The van der Waals surface area contributed by atoms with Gasteiger partial charge < -0.3 is 10.0 Å². The molecule has 1 N–H and O–H groups in total. The topological polar surface area (TPSA) is 41.3 Å². The Labute approximate surface area is 182 Å². The molecule has 2 aromatic heterocycles. The highest BCUT2D eigenvalue weighted by Crippen LogP contribution is 2.38. The average Bonchev–Trinajstić information content (AvgIpc) is 2.93. The van der Waals surface area contributed by atoms with Crippen LogP contribution in [0.25, 0.3) is 16.7 Å². The number of aryl methyl sites for hydroxylation is 2. The van der Waals surface area contributed by atoms with Crippen LogP contribution in [0.3, 0.4) is 0 Å². The Hall–Kier alpha value is -1.75. The van der Waals surface area contributed by atoms with E-state index in [9.17, 15) is 5.11 Å². The van der Waals surface area contributed by atoms with Crippen LogP contribution in [0.15, 0.2) is 24.3 Å². The Kier molecular flexibility index (Phi) is 5.78. The molecule has 154 valence electrons. The molecular weight excluding hydrogens is 405 g/mol. The van der Waals surface area contributed by atoms with Crippen LogP contribution in [0, 0.1) is 26.7 Å². The minimum Gasteiger partial charge on any atom is -0.396 e. The maximum atomic E-state index is 9.25. The zero-order chi connectivity index (χ0) is 20.7. The van der Waals surface area contributed by atoms with Crippen LogP contribution in [-0.4, -0.2) is 34.4 Å². The molecule has 0 saturated carbocycles. The van der Waals surface area contributed by atoms with Gasteiger partial charge in [0.25, 0.3) is 0 Å². The smallest absolute Gasteiger partial charge is 0.147 e. The predicted octanol–water partition coefficient (Wildman–Crippen LogP) is 5.86. The minimum atomic E-state index is 0.284. The van der Waals surface area contributed by atoms with Gasteiger partial charge in [-0.15, -0.1) is 0 Å². The lowest BCUT2D eigenvalue weighted by Gasteiger charge is -2.34. The molecule has 3 aromatic rings. The van der Waals surface area contributed by atoms with Crippen molar-refractivity contribution in [2.45, 2.75) is 40.0 Å². The second kappa shape index (κ2) is 8.17. The number of halogens is 2. The molecule has 0 atom stereocenters. The Bertz CT molecular complexity index is 1050. The van der Waals surface area contributed by atoms with Crippen molar-refractivity contribution in [3.8, 4) is 5.69 Å². The van der Waals surface area contributed by atoms with Crippen LogP contribution < -0.4 is 4.90 Å². The van der Waals surface area contributed by atoms with E-state index >= 15 is 0 Å². The van der Waals surface area contributed by atoms with Gasteiger partial charge >= 0.3 is 0 Å². The largest absolute Gasteiger partial charge is 0.396 e. The Morgan fingerprint density at radius 1 is 1.07 bits per heavy atom.